The van der Waals surface area contributed by atoms with E-state index in [2.05, 4.69) is 34.5 Å². The number of aromatic nitrogens is 2. The molecule has 174 valence electrons. The van der Waals surface area contributed by atoms with E-state index in [-0.39, 0.29) is 17.9 Å². The lowest BCUT2D eigenvalue weighted by Gasteiger charge is -2.29. The first-order chi connectivity index (χ1) is 16.0. The number of hydrogen-bond donors (Lipinski definition) is 1. The second-order valence-corrected chi connectivity index (χ2v) is 8.76. The van der Waals surface area contributed by atoms with Crippen LogP contribution in [0.2, 0.25) is 0 Å². The predicted octanol–water partition coefficient (Wildman–Crippen LogP) is 4.51. The van der Waals surface area contributed by atoms with E-state index >= 15 is 0 Å². The fourth-order valence-electron chi connectivity index (χ4n) is 4.34. The monoisotopic (exact) mass is 449 g/mol. The van der Waals surface area contributed by atoms with Crippen molar-refractivity contribution in [2.45, 2.75) is 52.9 Å². The summed E-state index contributed by atoms with van der Waals surface area (Å²) in [7, 11) is 0. The third kappa shape index (κ3) is 5.25. The van der Waals surface area contributed by atoms with E-state index in [1.54, 1.807) is 12.1 Å². The summed E-state index contributed by atoms with van der Waals surface area (Å²) >= 11 is 0. The summed E-state index contributed by atoms with van der Waals surface area (Å²) in [6.45, 7) is 9.50. The van der Waals surface area contributed by atoms with Crippen LogP contribution in [0.5, 0.6) is 0 Å². The highest BCUT2D eigenvalue weighted by molar-refractivity contribution is 5.74. The Balaban J connectivity index is 1.68. The molecule has 0 saturated heterocycles. The van der Waals surface area contributed by atoms with Gasteiger partial charge in [0, 0.05) is 44.2 Å². The fourth-order valence-corrected chi connectivity index (χ4v) is 4.34. The van der Waals surface area contributed by atoms with E-state index in [1.165, 1.54) is 17.7 Å². The van der Waals surface area contributed by atoms with Crippen LogP contribution in [0.15, 0.2) is 54.6 Å². The maximum absolute atomic E-state index is 13.5. The fraction of sp³-hybridized carbons (Fsp3) is 0.385. The Kier molecular flexibility index (Phi) is 7.08. The second-order valence-electron chi connectivity index (χ2n) is 8.76. The van der Waals surface area contributed by atoms with Gasteiger partial charge in [0.15, 0.2) is 0 Å². The molecule has 1 aliphatic rings. The number of carbonyl (C=O) groups is 1. The van der Waals surface area contributed by atoms with Gasteiger partial charge in [-0.3, -0.25) is 4.90 Å². The molecule has 2 heterocycles. The molecule has 0 saturated carbocycles. The lowest BCUT2D eigenvalue weighted by Crippen LogP contribution is -2.43. The van der Waals surface area contributed by atoms with E-state index in [9.17, 15) is 9.18 Å². The molecule has 4 rings (SSSR count). The molecule has 7 heteroatoms. The normalized spacial score (nSPS) is 13.7. The van der Waals surface area contributed by atoms with Crippen molar-refractivity contribution in [2.75, 3.05) is 13.1 Å². The third-order valence-electron chi connectivity index (χ3n) is 6.07. The SMILES string of the molecule is CCNC(=O)N(Cc1nn(-c2ccc(F)cc2)c2c1CN(Cc1ccccc1)CC2)C(C)C. The lowest BCUT2D eigenvalue weighted by molar-refractivity contribution is 0.178. The number of rotatable bonds is 7. The summed E-state index contributed by atoms with van der Waals surface area (Å²) in [5.41, 5.74) is 5.31. The Bertz CT molecular complexity index is 1080. The largest absolute Gasteiger partial charge is 0.338 e. The molecule has 2 aromatic carbocycles. The molecule has 0 bridgehead atoms. The van der Waals surface area contributed by atoms with Gasteiger partial charge in [0.2, 0.25) is 0 Å². The molecular weight excluding hydrogens is 417 g/mol. The van der Waals surface area contributed by atoms with Crippen molar-refractivity contribution in [3.05, 3.63) is 82.9 Å². The minimum absolute atomic E-state index is 0.0344. The van der Waals surface area contributed by atoms with Crippen molar-refractivity contribution < 1.29 is 9.18 Å². The zero-order valence-corrected chi connectivity index (χ0v) is 19.6. The third-order valence-corrected chi connectivity index (χ3v) is 6.07. The molecule has 0 aliphatic carbocycles. The highest BCUT2D eigenvalue weighted by atomic mass is 19.1. The summed E-state index contributed by atoms with van der Waals surface area (Å²) in [5, 5.41) is 7.86. The van der Waals surface area contributed by atoms with Crippen LogP contribution in [0.4, 0.5) is 9.18 Å². The maximum atomic E-state index is 13.5. The average molecular weight is 450 g/mol. The number of fused-ring (bicyclic) bond motifs is 1. The van der Waals surface area contributed by atoms with Crippen LogP contribution in [-0.4, -0.2) is 44.7 Å². The number of carbonyl (C=O) groups excluding carboxylic acids is 1. The minimum atomic E-state index is -0.267. The number of nitrogens with one attached hydrogen (secondary N) is 1. The molecule has 0 radical (unpaired) electrons. The van der Waals surface area contributed by atoms with Gasteiger partial charge in [0.05, 0.1) is 23.6 Å². The van der Waals surface area contributed by atoms with E-state index < -0.39 is 0 Å². The number of benzene rings is 2. The number of nitrogens with zero attached hydrogens (tertiary/aromatic N) is 4. The van der Waals surface area contributed by atoms with Crippen molar-refractivity contribution in [3.63, 3.8) is 0 Å². The van der Waals surface area contributed by atoms with Crippen LogP contribution in [0.3, 0.4) is 0 Å². The van der Waals surface area contributed by atoms with Crippen molar-refractivity contribution in [3.8, 4) is 5.69 Å². The second kappa shape index (κ2) is 10.2. The maximum Gasteiger partial charge on any atom is 0.317 e. The van der Waals surface area contributed by atoms with E-state index in [1.807, 2.05) is 36.4 Å². The summed E-state index contributed by atoms with van der Waals surface area (Å²) in [6, 6.07) is 16.8. The molecule has 0 atom stereocenters. The minimum Gasteiger partial charge on any atom is -0.338 e. The van der Waals surface area contributed by atoms with Gasteiger partial charge >= 0.3 is 6.03 Å². The van der Waals surface area contributed by atoms with Gasteiger partial charge in [-0.15, -0.1) is 0 Å². The van der Waals surface area contributed by atoms with Crippen molar-refractivity contribution >= 4 is 6.03 Å². The summed E-state index contributed by atoms with van der Waals surface area (Å²) < 4.78 is 15.5. The van der Waals surface area contributed by atoms with Gasteiger partial charge < -0.3 is 10.2 Å². The topological polar surface area (TPSA) is 53.4 Å². The first-order valence-electron chi connectivity index (χ1n) is 11.6. The Morgan fingerprint density at radius 3 is 2.55 bits per heavy atom. The van der Waals surface area contributed by atoms with Gasteiger partial charge in [0.25, 0.3) is 0 Å². The molecule has 0 spiro atoms. The first-order valence-corrected chi connectivity index (χ1v) is 11.6. The molecule has 0 fully saturated rings. The van der Waals surface area contributed by atoms with Crippen molar-refractivity contribution in [2.24, 2.45) is 0 Å². The number of amides is 2. The molecule has 1 aromatic heterocycles. The van der Waals surface area contributed by atoms with E-state index in [0.29, 0.717) is 13.1 Å². The Hall–Kier alpha value is -3.19. The molecule has 0 unspecified atom stereocenters. The molecule has 6 nitrogen and oxygen atoms in total. The standard InChI is InChI=1S/C26H32FN5O/c1-4-28-26(33)31(19(2)3)18-24-23-17-30(16-20-8-6-5-7-9-20)15-14-25(23)32(29-24)22-12-10-21(27)11-13-22/h5-13,19H,4,14-18H2,1-3H3,(H,28,33). The van der Waals surface area contributed by atoms with Gasteiger partial charge in [-0.05, 0) is 50.6 Å². The smallest absolute Gasteiger partial charge is 0.317 e. The van der Waals surface area contributed by atoms with E-state index in [4.69, 9.17) is 5.10 Å². The van der Waals surface area contributed by atoms with Crippen LogP contribution in [0.1, 0.15) is 43.3 Å². The van der Waals surface area contributed by atoms with Gasteiger partial charge in [-0.25, -0.2) is 13.9 Å². The number of halogens is 1. The van der Waals surface area contributed by atoms with Crippen LogP contribution >= 0.6 is 0 Å². The number of urea groups is 1. The zero-order chi connectivity index (χ0) is 23.4. The van der Waals surface area contributed by atoms with Crippen molar-refractivity contribution in [1.82, 2.24) is 24.9 Å². The predicted molar refractivity (Wildman–Crippen MR) is 128 cm³/mol. The van der Waals surface area contributed by atoms with Crippen LogP contribution < -0.4 is 5.32 Å². The van der Waals surface area contributed by atoms with Crippen molar-refractivity contribution in [1.29, 1.82) is 0 Å². The summed E-state index contributed by atoms with van der Waals surface area (Å²) in [5.74, 6) is -0.267. The highest BCUT2D eigenvalue weighted by Gasteiger charge is 2.28. The molecule has 3 aromatic rings. The lowest BCUT2D eigenvalue weighted by atomic mass is 10.0. The average Bonchev–Trinajstić information content (AvgIpc) is 3.16. The van der Waals surface area contributed by atoms with Gasteiger partial charge in [0.1, 0.15) is 5.82 Å². The Morgan fingerprint density at radius 1 is 1.15 bits per heavy atom. The first kappa shape index (κ1) is 23.0. The zero-order valence-electron chi connectivity index (χ0n) is 19.6. The van der Waals surface area contributed by atoms with Crippen LogP contribution in [-0.2, 0) is 26.1 Å². The Morgan fingerprint density at radius 2 is 1.88 bits per heavy atom. The van der Waals surface area contributed by atoms with Crippen LogP contribution in [0, 0.1) is 5.82 Å². The molecule has 1 aliphatic heterocycles. The molecule has 33 heavy (non-hydrogen) atoms. The Labute approximate surface area is 195 Å². The quantitative estimate of drug-likeness (QED) is 0.578. The number of hydrogen-bond acceptors (Lipinski definition) is 3. The molecule has 1 N–H and O–H groups in total. The van der Waals surface area contributed by atoms with Gasteiger partial charge in [-0.1, -0.05) is 30.3 Å². The van der Waals surface area contributed by atoms with Crippen LogP contribution in [0.25, 0.3) is 5.69 Å². The molecular formula is C26H32FN5O. The highest BCUT2D eigenvalue weighted by Crippen LogP contribution is 2.28. The van der Waals surface area contributed by atoms with Gasteiger partial charge in [-0.2, -0.15) is 5.10 Å². The molecule has 2 amide bonds. The summed E-state index contributed by atoms with van der Waals surface area (Å²) in [4.78, 5) is 16.9. The summed E-state index contributed by atoms with van der Waals surface area (Å²) in [6.07, 6.45) is 0.843. The van der Waals surface area contributed by atoms with E-state index in [0.717, 1.165) is 48.7 Å².